The van der Waals surface area contributed by atoms with Crippen LogP contribution in [-0.4, -0.2) is 61.6 Å². The second-order valence-electron chi connectivity index (χ2n) is 11.9. The zero-order chi connectivity index (χ0) is 31.3. The number of phenols is 1. The van der Waals surface area contributed by atoms with E-state index in [0.29, 0.717) is 12.1 Å². The Kier molecular flexibility index (Phi) is 9.96. The Hall–Kier alpha value is -3.82. The predicted octanol–water partition coefficient (Wildman–Crippen LogP) is 4.63. The number of aliphatic hydroxyl groups excluding tert-OH is 1. The van der Waals surface area contributed by atoms with Gasteiger partial charge in [0.15, 0.2) is 6.10 Å². The van der Waals surface area contributed by atoms with Gasteiger partial charge in [-0.1, -0.05) is 79.9 Å². The molecule has 44 heavy (non-hydrogen) atoms. The van der Waals surface area contributed by atoms with Gasteiger partial charge >= 0.3 is 0 Å². The summed E-state index contributed by atoms with van der Waals surface area (Å²) in [5, 5.41) is 27.8. The second-order valence-corrected chi connectivity index (χ2v) is 13.3. The van der Waals surface area contributed by atoms with Crippen molar-refractivity contribution in [3.63, 3.8) is 0 Å². The Labute approximate surface area is 263 Å². The van der Waals surface area contributed by atoms with Crippen LogP contribution in [0.3, 0.4) is 0 Å². The summed E-state index contributed by atoms with van der Waals surface area (Å²) in [5.41, 5.74) is 3.59. The molecule has 2 aliphatic rings. The average Bonchev–Trinajstić information content (AvgIpc) is 3.39. The number of amides is 3. The molecule has 1 aliphatic carbocycles. The molecule has 1 aliphatic heterocycles. The van der Waals surface area contributed by atoms with Crippen LogP contribution in [0.25, 0.3) is 0 Å². The number of thioether (sulfide) groups is 1. The van der Waals surface area contributed by atoms with Crippen molar-refractivity contribution in [3.05, 3.63) is 101 Å². The quantitative estimate of drug-likeness (QED) is 0.279. The summed E-state index contributed by atoms with van der Waals surface area (Å²) in [6, 6.07) is 20.2. The molecule has 3 aromatic rings. The SMILES string of the molecule is Cc1ccccc1CNC(=O)[C@@H]1N(C(=O)[C@@H](O)[C@H](Cc2ccccc2)NC(=O)c2cccc(O)c2C)CSC12CCCCC2. The molecule has 3 amide bonds. The number of nitrogens with one attached hydrogen (secondary N) is 2. The fraction of sp³-hybridized carbons (Fsp3) is 0.400. The first kappa shape index (κ1) is 31.6. The van der Waals surface area contributed by atoms with Crippen LogP contribution in [0.2, 0.25) is 0 Å². The van der Waals surface area contributed by atoms with Crippen molar-refractivity contribution in [3.8, 4) is 5.75 Å². The largest absolute Gasteiger partial charge is 0.508 e. The molecule has 1 saturated carbocycles. The topological polar surface area (TPSA) is 119 Å². The van der Waals surface area contributed by atoms with Crippen LogP contribution >= 0.6 is 11.8 Å². The van der Waals surface area contributed by atoms with Gasteiger partial charge < -0.3 is 25.7 Å². The van der Waals surface area contributed by atoms with Crippen molar-refractivity contribution >= 4 is 29.5 Å². The number of hydrogen-bond acceptors (Lipinski definition) is 6. The number of hydrogen-bond donors (Lipinski definition) is 4. The molecule has 9 heteroatoms. The molecule has 0 bridgehead atoms. The third-order valence-corrected chi connectivity index (χ3v) is 10.7. The van der Waals surface area contributed by atoms with Gasteiger partial charge in [-0.2, -0.15) is 0 Å². The number of aromatic hydroxyl groups is 1. The van der Waals surface area contributed by atoms with Crippen LogP contribution in [-0.2, 0) is 22.6 Å². The lowest BCUT2D eigenvalue weighted by Gasteiger charge is -2.39. The zero-order valence-corrected chi connectivity index (χ0v) is 26.1. The highest BCUT2D eigenvalue weighted by Crippen LogP contribution is 2.49. The standard InChI is InChI=1S/C35H41N3O5S/c1-23-12-7-8-15-26(23)21-36-33(42)31-35(18-9-4-10-19-35)44-22-38(31)34(43)30(40)28(20-25-13-5-3-6-14-25)37-32(41)27-16-11-17-29(39)24(27)2/h3,5-8,11-17,28,30-31,39-40H,4,9-10,18-22H2,1-2H3,(H,36,42)(H,37,41)/t28-,30-,31-/m0/s1. The van der Waals surface area contributed by atoms with E-state index in [1.165, 1.54) is 11.0 Å². The lowest BCUT2D eigenvalue weighted by molar-refractivity contribution is -0.147. The van der Waals surface area contributed by atoms with Crippen LogP contribution in [0, 0.1) is 13.8 Å². The lowest BCUT2D eigenvalue weighted by Crippen LogP contribution is -2.60. The summed E-state index contributed by atoms with van der Waals surface area (Å²) in [6.45, 7) is 3.99. The molecule has 3 aromatic carbocycles. The number of nitrogens with zero attached hydrogens (tertiary/aromatic N) is 1. The van der Waals surface area contributed by atoms with Crippen molar-refractivity contribution < 1.29 is 24.6 Å². The summed E-state index contributed by atoms with van der Waals surface area (Å²) in [5.74, 6) is -1.03. The van der Waals surface area contributed by atoms with Gasteiger partial charge in [0.05, 0.1) is 11.9 Å². The minimum Gasteiger partial charge on any atom is -0.508 e. The van der Waals surface area contributed by atoms with Crippen LogP contribution in [0.1, 0.15) is 64.7 Å². The van der Waals surface area contributed by atoms with E-state index in [-0.39, 0.29) is 29.5 Å². The van der Waals surface area contributed by atoms with E-state index in [1.54, 1.807) is 30.8 Å². The minimum absolute atomic E-state index is 0.0136. The highest BCUT2D eigenvalue weighted by Gasteiger charge is 2.54. The van der Waals surface area contributed by atoms with E-state index in [2.05, 4.69) is 10.6 Å². The molecule has 8 nitrogen and oxygen atoms in total. The number of phenolic OH excluding ortho intramolecular Hbond substituents is 1. The van der Waals surface area contributed by atoms with Crippen LogP contribution in [0.5, 0.6) is 5.75 Å². The molecular weight excluding hydrogens is 574 g/mol. The molecule has 4 N–H and O–H groups in total. The maximum absolute atomic E-state index is 14.2. The van der Waals surface area contributed by atoms with Crippen molar-refractivity contribution in [1.29, 1.82) is 0 Å². The molecule has 232 valence electrons. The van der Waals surface area contributed by atoms with E-state index >= 15 is 0 Å². The van der Waals surface area contributed by atoms with Gasteiger partial charge in [-0.15, -0.1) is 11.8 Å². The number of aryl methyl sites for hydroxylation is 1. The smallest absolute Gasteiger partial charge is 0.254 e. The highest BCUT2D eigenvalue weighted by atomic mass is 32.2. The average molecular weight is 616 g/mol. The van der Waals surface area contributed by atoms with Crippen LogP contribution in [0.15, 0.2) is 72.8 Å². The van der Waals surface area contributed by atoms with E-state index in [1.807, 2.05) is 61.5 Å². The van der Waals surface area contributed by atoms with Gasteiger partial charge in [0.25, 0.3) is 11.8 Å². The van der Waals surface area contributed by atoms with Gasteiger partial charge in [-0.3, -0.25) is 14.4 Å². The van der Waals surface area contributed by atoms with E-state index < -0.39 is 34.7 Å². The number of rotatable bonds is 9. The molecule has 1 saturated heterocycles. The third-order valence-electron chi connectivity index (χ3n) is 9.05. The minimum atomic E-state index is -1.59. The molecule has 0 radical (unpaired) electrons. The maximum Gasteiger partial charge on any atom is 0.254 e. The van der Waals surface area contributed by atoms with E-state index in [9.17, 15) is 24.6 Å². The number of carbonyl (C=O) groups excluding carboxylic acids is 3. The fourth-order valence-corrected chi connectivity index (χ4v) is 8.07. The van der Waals surface area contributed by atoms with E-state index in [0.717, 1.165) is 48.8 Å². The van der Waals surface area contributed by atoms with Crippen molar-refractivity contribution in [1.82, 2.24) is 15.5 Å². The van der Waals surface area contributed by atoms with Gasteiger partial charge in [-0.25, -0.2) is 0 Å². The normalized spacial score (nSPS) is 18.9. The number of benzene rings is 3. The molecule has 1 spiro atoms. The molecule has 1 heterocycles. The molecule has 0 unspecified atom stereocenters. The van der Waals surface area contributed by atoms with E-state index in [4.69, 9.17) is 0 Å². The summed E-state index contributed by atoms with van der Waals surface area (Å²) in [6.07, 6.45) is 3.30. The van der Waals surface area contributed by atoms with Crippen LogP contribution < -0.4 is 10.6 Å². The monoisotopic (exact) mass is 615 g/mol. The predicted molar refractivity (Wildman–Crippen MR) is 172 cm³/mol. The van der Waals surface area contributed by atoms with Crippen LogP contribution in [0.4, 0.5) is 0 Å². The zero-order valence-electron chi connectivity index (χ0n) is 25.3. The molecule has 3 atom stereocenters. The van der Waals surface area contributed by atoms with Gasteiger partial charge in [0, 0.05) is 22.4 Å². The first-order valence-corrected chi connectivity index (χ1v) is 16.3. The molecule has 0 aromatic heterocycles. The summed E-state index contributed by atoms with van der Waals surface area (Å²) in [4.78, 5) is 43.0. The van der Waals surface area contributed by atoms with Crippen molar-refractivity contribution in [2.75, 3.05) is 5.88 Å². The molecular formula is C35H41N3O5S. The summed E-state index contributed by atoms with van der Waals surface area (Å²) >= 11 is 1.63. The fourth-order valence-electron chi connectivity index (χ4n) is 6.43. The third kappa shape index (κ3) is 6.79. The first-order chi connectivity index (χ1) is 21.2. The Balaban J connectivity index is 1.40. The van der Waals surface area contributed by atoms with Gasteiger partial charge in [0.2, 0.25) is 5.91 Å². The molecule has 2 fully saturated rings. The Bertz CT molecular complexity index is 1490. The second kappa shape index (κ2) is 13.9. The highest BCUT2D eigenvalue weighted by molar-refractivity contribution is 8.01. The molecule has 5 rings (SSSR count). The lowest BCUT2D eigenvalue weighted by atomic mass is 9.81. The number of aliphatic hydroxyl groups is 1. The first-order valence-electron chi connectivity index (χ1n) is 15.3. The summed E-state index contributed by atoms with van der Waals surface area (Å²) < 4.78 is -0.416. The Morgan fingerprint density at radius 3 is 2.39 bits per heavy atom. The van der Waals surface area contributed by atoms with Crippen molar-refractivity contribution in [2.45, 2.75) is 81.9 Å². The summed E-state index contributed by atoms with van der Waals surface area (Å²) in [7, 11) is 0. The Morgan fingerprint density at radius 1 is 0.955 bits per heavy atom. The van der Waals surface area contributed by atoms with Gasteiger partial charge in [-0.05, 0) is 61.9 Å². The maximum atomic E-state index is 14.2. The van der Waals surface area contributed by atoms with Crippen molar-refractivity contribution in [2.24, 2.45) is 0 Å². The Morgan fingerprint density at radius 2 is 1.66 bits per heavy atom. The number of carbonyl (C=O) groups is 3. The van der Waals surface area contributed by atoms with Gasteiger partial charge in [0.1, 0.15) is 11.8 Å².